The number of carbonyl (C=O) groups excluding carboxylic acids is 1. The maximum absolute atomic E-state index is 11.9. The van der Waals surface area contributed by atoms with Gasteiger partial charge in [-0.15, -0.1) is 11.8 Å². The zero-order chi connectivity index (χ0) is 17.2. The normalized spacial score (nSPS) is 16.7. The van der Waals surface area contributed by atoms with Gasteiger partial charge >= 0.3 is 0 Å². The molecule has 1 amide bonds. The average molecular weight is 351 g/mol. The molecule has 2 aromatic carbocycles. The van der Waals surface area contributed by atoms with Crippen molar-refractivity contribution >= 4 is 23.5 Å². The van der Waals surface area contributed by atoms with E-state index in [0.29, 0.717) is 11.6 Å². The smallest absolute Gasteiger partial charge is 0.235 e. The van der Waals surface area contributed by atoms with Crippen LogP contribution in [0.2, 0.25) is 0 Å². The van der Waals surface area contributed by atoms with Crippen molar-refractivity contribution in [3.8, 4) is 11.5 Å². The lowest BCUT2D eigenvalue weighted by Gasteiger charge is -2.16. The van der Waals surface area contributed by atoms with Crippen molar-refractivity contribution in [1.82, 2.24) is 10.2 Å². The molecule has 1 aliphatic heterocycles. The second kappa shape index (κ2) is 6.64. The number of rotatable bonds is 3. The van der Waals surface area contributed by atoms with Gasteiger partial charge in [0.2, 0.25) is 5.91 Å². The van der Waals surface area contributed by atoms with Gasteiger partial charge in [-0.3, -0.25) is 9.89 Å². The van der Waals surface area contributed by atoms with Gasteiger partial charge in [0.25, 0.3) is 0 Å². The summed E-state index contributed by atoms with van der Waals surface area (Å²) in [6.45, 7) is 1.97. The van der Waals surface area contributed by atoms with E-state index in [1.54, 1.807) is 11.8 Å². The van der Waals surface area contributed by atoms with Gasteiger partial charge in [-0.25, -0.2) is 0 Å². The van der Waals surface area contributed by atoms with E-state index >= 15 is 0 Å². The Balaban J connectivity index is 1.69. The Labute approximate surface area is 149 Å². The molecule has 6 heteroatoms. The maximum Gasteiger partial charge on any atom is 0.235 e. The first-order valence-electron chi connectivity index (χ1n) is 8.00. The van der Waals surface area contributed by atoms with Crippen LogP contribution in [0.3, 0.4) is 0 Å². The molecule has 5 nitrogen and oxygen atoms in total. The van der Waals surface area contributed by atoms with Crippen LogP contribution < -0.4 is 10.1 Å². The van der Waals surface area contributed by atoms with Crippen LogP contribution in [0.1, 0.15) is 22.1 Å². The minimum absolute atomic E-state index is 0.0204. The van der Waals surface area contributed by atoms with Gasteiger partial charge in [0.15, 0.2) is 5.82 Å². The van der Waals surface area contributed by atoms with E-state index < -0.39 is 0 Å². The van der Waals surface area contributed by atoms with Gasteiger partial charge in [0, 0.05) is 11.3 Å². The molecule has 126 valence electrons. The molecule has 25 heavy (non-hydrogen) atoms. The number of nitrogens with zero attached hydrogens (tertiary/aromatic N) is 1. The number of hydrogen-bond donors (Lipinski definition) is 2. The molecule has 3 aromatic rings. The van der Waals surface area contributed by atoms with Crippen LogP contribution in [0.5, 0.6) is 11.5 Å². The Bertz CT molecular complexity index is 908. The Hall–Kier alpha value is -2.73. The molecule has 2 N–H and O–H groups in total. The predicted molar refractivity (Wildman–Crippen MR) is 99.2 cm³/mol. The summed E-state index contributed by atoms with van der Waals surface area (Å²) in [4.78, 5) is 11.9. The third-order valence-electron chi connectivity index (χ3n) is 4.04. The highest BCUT2D eigenvalue weighted by atomic mass is 32.2. The highest BCUT2D eigenvalue weighted by molar-refractivity contribution is 8.00. The van der Waals surface area contributed by atoms with Gasteiger partial charge in [-0.05, 0) is 36.8 Å². The van der Waals surface area contributed by atoms with Crippen LogP contribution in [0.25, 0.3) is 0 Å². The fraction of sp³-hybridized carbons (Fsp3) is 0.158. The molecule has 0 aliphatic carbocycles. The third kappa shape index (κ3) is 3.25. The van der Waals surface area contributed by atoms with Gasteiger partial charge < -0.3 is 10.1 Å². The minimum atomic E-state index is -0.0306. The second-order valence-corrected chi connectivity index (χ2v) is 6.93. The highest BCUT2D eigenvalue weighted by Gasteiger charge is 2.28. The van der Waals surface area contributed by atoms with E-state index in [9.17, 15) is 4.79 Å². The van der Waals surface area contributed by atoms with E-state index in [1.165, 1.54) is 0 Å². The molecule has 0 spiro atoms. The number of hydrogen-bond acceptors (Lipinski definition) is 4. The number of fused-ring (bicyclic) bond motifs is 1. The number of para-hydroxylation sites is 1. The number of nitrogens with one attached hydrogen (secondary N) is 2. The zero-order valence-electron chi connectivity index (χ0n) is 13.7. The summed E-state index contributed by atoms with van der Waals surface area (Å²) < 4.78 is 5.95. The molecule has 0 bridgehead atoms. The molecule has 0 unspecified atom stereocenters. The van der Waals surface area contributed by atoms with Crippen LogP contribution in [0, 0.1) is 6.92 Å². The molecule has 0 fully saturated rings. The topological polar surface area (TPSA) is 67.0 Å². The van der Waals surface area contributed by atoms with E-state index in [-0.39, 0.29) is 11.2 Å². The maximum atomic E-state index is 11.9. The SMILES string of the molecule is Cc1[nH]nc2c1[C@H](c1cccc(Oc3ccccc3)c1)SCC(=O)N2. The fourth-order valence-electron chi connectivity index (χ4n) is 2.89. The van der Waals surface area contributed by atoms with Crippen molar-refractivity contribution in [3.05, 3.63) is 71.4 Å². The van der Waals surface area contributed by atoms with Gasteiger partial charge in [0.1, 0.15) is 11.5 Å². The van der Waals surface area contributed by atoms with Crippen LogP contribution >= 0.6 is 11.8 Å². The van der Waals surface area contributed by atoms with Crippen molar-refractivity contribution in [3.63, 3.8) is 0 Å². The molecule has 1 aromatic heterocycles. The lowest BCUT2D eigenvalue weighted by molar-refractivity contribution is -0.113. The number of amides is 1. The number of H-pyrrole nitrogens is 1. The number of thioether (sulfide) groups is 1. The number of anilines is 1. The number of aromatic nitrogens is 2. The number of aromatic amines is 1. The number of benzene rings is 2. The monoisotopic (exact) mass is 351 g/mol. The summed E-state index contributed by atoms with van der Waals surface area (Å²) in [6, 6.07) is 17.7. The summed E-state index contributed by atoms with van der Waals surface area (Å²) in [5, 5.41) is 10.1. The largest absolute Gasteiger partial charge is 0.457 e. The van der Waals surface area contributed by atoms with Gasteiger partial charge in [-0.2, -0.15) is 5.10 Å². The Kier molecular flexibility index (Phi) is 4.19. The Morgan fingerprint density at radius 3 is 2.76 bits per heavy atom. The van der Waals surface area contributed by atoms with E-state index in [4.69, 9.17) is 4.74 Å². The molecule has 2 heterocycles. The molecular weight excluding hydrogens is 334 g/mol. The van der Waals surface area contributed by atoms with Gasteiger partial charge in [-0.1, -0.05) is 30.3 Å². The Morgan fingerprint density at radius 2 is 1.92 bits per heavy atom. The van der Waals surface area contributed by atoms with Crippen LogP contribution in [0.4, 0.5) is 5.82 Å². The van der Waals surface area contributed by atoms with E-state index in [1.807, 2.05) is 55.5 Å². The summed E-state index contributed by atoms with van der Waals surface area (Å²) in [5.74, 6) is 2.55. The fourth-order valence-corrected chi connectivity index (χ4v) is 4.08. The first-order valence-corrected chi connectivity index (χ1v) is 9.05. The van der Waals surface area contributed by atoms with Crippen LogP contribution in [-0.4, -0.2) is 21.9 Å². The molecule has 1 atom stereocenters. The van der Waals surface area contributed by atoms with E-state index in [0.717, 1.165) is 28.3 Å². The molecule has 4 rings (SSSR count). The zero-order valence-corrected chi connectivity index (χ0v) is 14.5. The minimum Gasteiger partial charge on any atom is -0.457 e. The van der Waals surface area contributed by atoms with Crippen molar-refractivity contribution in [2.24, 2.45) is 0 Å². The van der Waals surface area contributed by atoms with Crippen molar-refractivity contribution in [2.75, 3.05) is 11.1 Å². The standard InChI is InChI=1S/C19H17N3O2S/c1-12-17-18(25-11-16(23)20-19(17)22-21-12)13-6-5-9-15(10-13)24-14-7-3-2-4-8-14/h2-10,18H,11H2,1H3,(H2,20,21,22,23)/t18-/m0/s1. The number of ether oxygens (including phenoxy) is 1. The van der Waals surface area contributed by atoms with Gasteiger partial charge in [0.05, 0.1) is 11.0 Å². The quantitative estimate of drug-likeness (QED) is 0.739. The summed E-state index contributed by atoms with van der Waals surface area (Å²) in [6.07, 6.45) is 0. The first-order chi connectivity index (χ1) is 12.2. The molecule has 0 radical (unpaired) electrons. The van der Waals surface area contributed by atoms with Crippen molar-refractivity contribution in [1.29, 1.82) is 0 Å². The molecular formula is C19H17N3O2S. The third-order valence-corrected chi connectivity index (χ3v) is 5.31. The average Bonchev–Trinajstić information content (AvgIpc) is 2.88. The number of aryl methyl sites for hydroxylation is 1. The van der Waals surface area contributed by atoms with Crippen molar-refractivity contribution < 1.29 is 9.53 Å². The van der Waals surface area contributed by atoms with Crippen LogP contribution in [-0.2, 0) is 4.79 Å². The molecule has 0 saturated carbocycles. The highest BCUT2D eigenvalue weighted by Crippen LogP contribution is 2.43. The lowest BCUT2D eigenvalue weighted by atomic mass is 10.0. The van der Waals surface area contributed by atoms with Crippen LogP contribution in [0.15, 0.2) is 54.6 Å². The van der Waals surface area contributed by atoms with E-state index in [2.05, 4.69) is 21.6 Å². The second-order valence-electron chi connectivity index (χ2n) is 5.84. The summed E-state index contributed by atoms with van der Waals surface area (Å²) in [5.41, 5.74) is 3.07. The number of carbonyl (C=O) groups is 1. The van der Waals surface area contributed by atoms with Crippen molar-refractivity contribution in [2.45, 2.75) is 12.2 Å². The molecule has 0 saturated heterocycles. The summed E-state index contributed by atoms with van der Waals surface area (Å²) in [7, 11) is 0. The summed E-state index contributed by atoms with van der Waals surface area (Å²) >= 11 is 1.59. The first kappa shape index (κ1) is 15.8. The molecule has 1 aliphatic rings. The lowest BCUT2D eigenvalue weighted by Crippen LogP contribution is -2.12. The predicted octanol–water partition coefficient (Wildman–Crippen LogP) is 4.29. The Morgan fingerprint density at radius 1 is 1.12 bits per heavy atom.